The van der Waals surface area contributed by atoms with Crippen LogP contribution in [-0.2, 0) is 18.1 Å². The molecule has 0 saturated heterocycles. The fourth-order valence-electron chi connectivity index (χ4n) is 3.22. The van der Waals surface area contributed by atoms with Gasteiger partial charge in [-0.1, -0.05) is 0 Å². The maximum Gasteiger partial charge on any atom is 0.259 e. The van der Waals surface area contributed by atoms with Crippen molar-refractivity contribution in [2.75, 3.05) is 45.0 Å². The van der Waals surface area contributed by atoms with Crippen LogP contribution in [0.1, 0.15) is 68.2 Å². The number of hydrogen-bond acceptors (Lipinski definition) is 9. The Morgan fingerprint density at radius 1 is 0.765 bits per heavy atom. The smallest absolute Gasteiger partial charge is 0.259 e. The van der Waals surface area contributed by atoms with Gasteiger partial charge in [0.1, 0.15) is 0 Å². The molecule has 8 nitrogen and oxygen atoms in total. The van der Waals surface area contributed by atoms with E-state index >= 15 is 0 Å². The fourth-order valence-corrected chi connectivity index (χ4v) is 7.27. The van der Waals surface area contributed by atoms with E-state index in [-0.39, 0.29) is 0 Å². The van der Waals surface area contributed by atoms with Crippen LogP contribution in [0.15, 0.2) is 4.99 Å². The topological polar surface area (TPSA) is 79.5 Å². The Morgan fingerprint density at radius 3 is 1.56 bits per heavy atom. The summed E-state index contributed by atoms with van der Waals surface area (Å²) in [7, 11) is -0.511. The Hall–Kier alpha value is 0.130. The molecule has 0 saturated carbocycles. The molecule has 34 heavy (non-hydrogen) atoms. The summed E-state index contributed by atoms with van der Waals surface area (Å²) in [6.07, 6.45) is 3.04. The monoisotopic (exact) mass is 538 g/mol. The van der Waals surface area contributed by atoms with E-state index in [9.17, 15) is 0 Å². The highest BCUT2D eigenvalue weighted by molar-refractivity contribution is 7.99. The van der Waals surface area contributed by atoms with Crippen LogP contribution in [0.4, 0.5) is 0 Å². The predicted molar refractivity (Wildman–Crippen MR) is 148 cm³/mol. The molecule has 0 aliphatic carbocycles. The lowest BCUT2D eigenvalue weighted by atomic mass is 10.3. The molecule has 0 aromatic carbocycles. The summed E-state index contributed by atoms with van der Waals surface area (Å²) in [5.41, 5.74) is 0. The molecule has 11 heteroatoms. The van der Waals surface area contributed by atoms with Gasteiger partial charge >= 0.3 is 0 Å². The molecule has 0 spiro atoms. The van der Waals surface area contributed by atoms with Crippen molar-refractivity contribution in [2.45, 2.75) is 92.4 Å². The van der Waals surface area contributed by atoms with Crippen molar-refractivity contribution in [3.8, 4) is 6.07 Å². The molecule has 0 amide bonds. The van der Waals surface area contributed by atoms with Gasteiger partial charge in [-0.05, 0) is 55.4 Å². The second-order valence-electron chi connectivity index (χ2n) is 8.69. The van der Waals surface area contributed by atoms with Crippen LogP contribution in [0.25, 0.3) is 0 Å². The fraction of sp³-hybridized carbons (Fsp3) is 0.913. The predicted octanol–water partition coefficient (Wildman–Crippen LogP) is 6.48. The van der Waals surface area contributed by atoms with E-state index in [1.165, 1.54) is 0 Å². The van der Waals surface area contributed by atoms with E-state index in [1.54, 1.807) is 18.8 Å². The molecule has 0 heterocycles. The second kappa shape index (κ2) is 21.2. The maximum absolute atomic E-state index is 8.83. The summed E-state index contributed by atoms with van der Waals surface area (Å²) in [5.74, 6) is 1.73. The summed E-state index contributed by atoms with van der Waals surface area (Å²) in [6.45, 7) is 19.5. The number of thioether (sulfide) groups is 1. The van der Waals surface area contributed by atoms with Crippen molar-refractivity contribution >= 4 is 35.0 Å². The number of rotatable bonds is 21. The van der Waals surface area contributed by atoms with Crippen LogP contribution < -0.4 is 0 Å². The van der Waals surface area contributed by atoms with Gasteiger partial charge in [0.05, 0.1) is 38.9 Å². The Labute approximate surface area is 216 Å². The third kappa shape index (κ3) is 15.3. The summed E-state index contributed by atoms with van der Waals surface area (Å²) < 4.78 is 28.9. The van der Waals surface area contributed by atoms with Crippen molar-refractivity contribution in [3.05, 3.63) is 0 Å². The van der Waals surface area contributed by atoms with E-state index < -0.39 is 17.1 Å². The van der Waals surface area contributed by atoms with Crippen LogP contribution >= 0.6 is 28.8 Å². The molecule has 0 aromatic rings. The Bertz CT molecular complexity index is 550. The first-order chi connectivity index (χ1) is 16.2. The minimum absolute atomic E-state index is 0.307. The second-order valence-corrected chi connectivity index (χ2v) is 12.8. The zero-order valence-electron chi connectivity index (χ0n) is 22.8. The SMILES string of the molecule is C/N=C\CCOP(OCCSCCOP(OCCC#N)N(C(C)C)C(C)C)N(C(C)C)C(C)C. The minimum atomic E-state index is -1.18. The summed E-state index contributed by atoms with van der Waals surface area (Å²) in [4.78, 5) is 4.02. The van der Waals surface area contributed by atoms with Gasteiger partial charge in [-0.25, -0.2) is 9.34 Å². The molecule has 0 fully saturated rings. The average molecular weight is 539 g/mol. The van der Waals surface area contributed by atoms with Crippen LogP contribution in [0, 0.1) is 11.3 Å². The normalized spacial score (nSPS) is 14.4. The first-order valence-corrected chi connectivity index (χ1v) is 15.6. The van der Waals surface area contributed by atoms with E-state index in [2.05, 4.69) is 75.8 Å². The van der Waals surface area contributed by atoms with E-state index in [4.69, 9.17) is 23.4 Å². The first kappa shape index (κ1) is 34.1. The van der Waals surface area contributed by atoms with Crippen molar-refractivity contribution in [2.24, 2.45) is 4.99 Å². The van der Waals surface area contributed by atoms with Gasteiger partial charge in [0.2, 0.25) is 0 Å². The van der Waals surface area contributed by atoms with E-state index in [0.29, 0.717) is 57.0 Å². The molecular formula is C23H48N4O4P2S. The summed E-state index contributed by atoms with van der Waals surface area (Å²) >= 11 is 1.80. The lowest BCUT2D eigenvalue weighted by Crippen LogP contribution is -2.34. The van der Waals surface area contributed by atoms with Gasteiger partial charge in [-0.15, -0.1) is 0 Å². The van der Waals surface area contributed by atoms with Gasteiger partial charge in [-0.2, -0.15) is 17.0 Å². The molecule has 2 atom stereocenters. The van der Waals surface area contributed by atoms with Gasteiger partial charge in [0.25, 0.3) is 17.1 Å². The molecule has 0 aromatic heterocycles. The van der Waals surface area contributed by atoms with Crippen molar-refractivity contribution in [1.29, 1.82) is 5.26 Å². The van der Waals surface area contributed by atoms with Crippen LogP contribution in [0.3, 0.4) is 0 Å². The zero-order chi connectivity index (χ0) is 25.9. The largest absolute Gasteiger partial charge is 0.322 e. The molecule has 0 bridgehead atoms. The highest BCUT2D eigenvalue weighted by Crippen LogP contribution is 2.47. The number of nitriles is 1. The van der Waals surface area contributed by atoms with Crippen molar-refractivity contribution < 1.29 is 18.1 Å². The van der Waals surface area contributed by atoms with Crippen molar-refractivity contribution in [1.82, 2.24) is 9.34 Å². The standard InChI is InChI=1S/C23H48N4O4P2S/c1-20(2)26(21(3)4)32(28-14-10-12-24)30-16-18-34-19-17-31-33(29-15-11-13-25-9)27(22(5)6)23(7)8/h13,20-23H,10-11,14-19H2,1-9H3/b25-13-. The lowest BCUT2D eigenvalue weighted by Gasteiger charge is -2.35. The summed E-state index contributed by atoms with van der Waals surface area (Å²) in [6, 6.07) is 3.44. The highest BCUT2D eigenvalue weighted by Gasteiger charge is 2.28. The molecule has 200 valence electrons. The summed E-state index contributed by atoms with van der Waals surface area (Å²) in [5, 5.41) is 8.83. The Kier molecular flexibility index (Phi) is 21.3. The average Bonchev–Trinajstić information content (AvgIpc) is 2.74. The molecule has 2 unspecified atom stereocenters. The molecule has 0 rings (SSSR count). The Morgan fingerprint density at radius 2 is 1.18 bits per heavy atom. The molecular weight excluding hydrogens is 490 g/mol. The molecule has 0 radical (unpaired) electrons. The van der Waals surface area contributed by atoms with Crippen LogP contribution in [-0.4, -0.2) is 84.7 Å². The molecule has 0 aliphatic heterocycles. The maximum atomic E-state index is 8.83. The van der Waals surface area contributed by atoms with Gasteiger partial charge in [0, 0.05) is 55.4 Å². The lowest BCUT2D eigenvalue weighted by molar-refractivity contribution is 0.182. The number of aliphatic imine (C=N–C) groups is 1. The first-order valence-electron chi connectivity index (χ1n) is 12.2. The molecule has 0 N–H and O–H groups in total. The van der Waals surface area contributed by atoms with E-state index in [0.717, 1.165) is 17.9 Å². The van der Waals surface area contributed by atoms with Crippen LogP contribution in [0.5, 0.6) is 0 Å². The minimum Gasteiger partial charge on any atom is -0.322 e. The quantitative estimate of drug-likeness (QED) is 0.0933. The highest BCUT2D eigenvalue weighted by atomic mass is 32.2. The van der Waals surface area contributed by atoms with Gasteiger partial charge < -0.3 is 23.1 Å². The van der Waals surface area contributed by atoms with Gasteiger partial charge in [-0.3, -0.25) is 0 Å². The van der Waals surface area contributed by atoms with Crippen molar-refractivity contribution in [3.63, 3.8) is 0 Å². The Balaban J connectivity index is 4.58. The number of hydrogen-bond donors (Lipinski definition) is 0. The third-order valence-corrected chi connectivity index (χ3v) is 9.53. The van der Waals surface area contributed by atoms with Gasteiger partial charge in [0.15, 0.2) is 0 Å². The van der Waals surface area contributed by atoms with Crippen LogP contribution in [0.2, 0.25) is 0 Å². The van der Waals surface area contributed by atoms with E-state index in [1.807, 2.05) is 6.21 Å². The molecule has 0 aliphatic rings. The zero-order valence-corrected chi connectivity index (χ0v) is 25.4. The third-order valence-electron chi connectivity index (χ3n) is 4.40. The number of nitrogens with zero attached hydrogens (tertiary/aromatic N) is 4.